The summed E-state index contributed by atoms with van der Waals surface area (Å²) in [6.07, 6.45) is 3.60. The van der Waals surface area contributed by atoms with Gasteiger partial charge in [0, 0.05) is 22.8 Å². The molecule has 2 unspecified atom stereocenters. The number of nitrogens with zero attached hydrogens (tertiary/aromatic N) is 1. The normalized spacial score (nSPS) is 14.3. The molecule has 0 aliphatic carbocycles. The van der Waals surface area contributed by atoms with Gasteiger partial charge in [0.25, 0.3) is 0 Å². The molecule has 0 saturated heterocycles. The molecular formula is C14H13BrClN. The third-order valence-corrected chi connectivity index (χ3v) is 3.96. The Bertz CT molecular complexity index is 487. The summed E-state index contributed by atoms with van der Waals surface area (Å²) in [4.78, 5) is 4.02. The van der Waals surface area contributed by atoms with E-state index in [1.807, 2.05) is 24.3 Å². The van der Waals surface area contributed by atoms with Crippen molar-refractivity contribution in [3.8, 4) is 0 Å². The first kappa shape index (κ1) is 12.6. The summed E-state index contributed by atoms with van der Waals surface area (Å²) in [5.74, 6) is 0.258. The summed E-state index contributed by atoms with van der Waals surface area (Å²) in [7, 11) is 0. The van der Waals surface area contributed by atoms with E-state index >= 15 is 0 Å². The lowest BCUT2D eigenvalue weighted by molar-refractivity contribution is 0.730. The first-order valence-electron chi connectivity index (χ1n) is 5.48. The van der Waals surface area contributed by atoms with Gasteiger partial charge >= 0.3 is 0 Å². The van der Waals surface area contributed by atoms with E-state index in [4.69, 9.17) is 11.6 Å². The highest BCUT2D eigenvalue weighted by atomic mass is 79.9. The standard InChI is InChI=1S/C14H13BrClN/c1-10(11-5-7-17-8-6-11)14(16)12-3-2-4-13(15)9-12/h2-10,14H,1H3. The minimum atomic E-state index is -0.0325. The zero-order valence-corrected chi connectivity index (χ0v) is 11.8. The quantitative estimate of drug-likeness (QED) is 0.733. The van der Waals surface area contributed by atoms with Gasteiger partial charge in [-0.25, -0.2) is 0 Å². The van der Waals surface area contributed by atoms with Gasteiger partial charge in [0.05, 0.1) is 5.38 Å². The Kier molecular flexibility index (Phi) is 4.19. The predicted octanol–water partition coefficient (Wildman–Crippen LogP) is 4.93. The molecule has 1 heterocycles. The topological polar surface area (TPSA) is 12.9 Å². The Balaban J connectivity index is 2.23. The van der Waals surface area contributed by atoms with Crippen LogP contribution in [0.2, 0.25) is 0 Å². The smallest absolute Gasteiger partial charge is 0.0651 e. The number of aromatic nitrogens is 1. The Morgan fingerprint density at radius 2 is 1.82 bits per heavy atom. The maximum Gasteiger partial charge on any atom is 0.0651 e. The highest BCUT2D eigenvalue weighted by Crippen LogP contribution is 2.36. The largest absolute Gasteiger partial charge is 0.265 e. The van der Waals surface area contributed by atoms with E-state index in [2.05, 4.69) is 40.0 Å². The third kappa shape index (κ3) is 3.08. The molecule has 1 nitrogen and oxygen atoms in total. The number of hydrogen-bond donors (Lipinski definition) is 0. The van der Waals surface area contributed by atoms with Crippen molar-refractivity contribution in [2.75, 3.05) is 0 Å². The van der Waals surface area contributed by atoms with E-state index in [-0.39, 0.29) is 11.3 Å². The fourth-order valence-corrected chi connectivity index (χ4v) is 2.50. The van der Waals surface area contributed by atoms with Gasteiger partial charge < -0.3 is 0 Å². The Labute approximate surface area is 115 Å². The first-order valence-corrected chi connectivity index (χ1v) is 6.71. The van der Waals surface area contributed by atoms with Crippen LogP contribution in [-0.2, 0) is 0 Å². The average molecular weight is 311 g/mol. The minimum absolute atomic E-state index is 0.0325. The van der Waals surface area contributed by atoms with E-state index in [1.165, 1.54) is 5.56 Å². The lowest BCUT2D eigenvalue weighted by Crippen LogP contribution is -2.02. The highest BCUT2D eigenvalue weighted by molar-refractivity contribution is 9.10. The number of halogens is 2. The first-order chi connectivity index (χ1) is 8.18. The summed E-state index contributed by atoms with van der Waals surface area (Å²) < 4.78 is 1.06. The van der Waals surface area contributed by atoms with Gasteiger partial charge in [-0.05, 0) is 35.4 Å². The average Bonchev–Trinajstić information content (AvgIpc) is 2.38. The maximum absolute atomic E-state index is 6.52. The second-order valence-electron chi connectivity index (χ2n) is 4.03. The molecule has 0 fully saturated rings. The van der Waals surface area contributed by atoms with E-state index < -0.39 is 0 Å². The molecule has 17 heavy (non-hydrogen) atoms. The van der Waals surface area contributed by atoms with Crippen LogP contribution in [0.25, 0.3) is 0 Å². The van der Waals surface area contributed by atoms with E-state index in [0.717, 1.165) is 10.0 Å². The van der Waals surface area contributed by atoms with Crippen LogP contribution in [0.3, 0.4) is 0 Å². The van der Waals surface area contributed by atoms with E-state index in [9.17, 15) is 0 Å². The van der Waals surface area contributed by atoms with Crippen LogP contribution in [0, 0.1) is 0 Å². The predicted molar refractivity (Wildman–Crippen MR) is 75.4 cm³/mol. The van der Waals surface area contributed by atoms with E-state index in [0.29, 0.717) is 0 Å². The second-order valence-corrected chi connectivity index (χ2v) is 5.41. The van der Waals surface area contributed by atoms with Gasteiger partial charge in [0.2, 0.25) is 0 Å². The molecule has 0 radical (unpaired) electrons. The lowest BCUT2D eigenvalue weighted by Gasteiger charge is -2.18. The summed E-state index contributed by atoms with van der Waals surface area (Å²) in [6, 6.07) is 12.2. The zero-order valence-electron chi connectivity index (χ0n) is 9.48. The van der Waals surface area contributed by atoms with Crippen LogP contribution < -0.4 is 0 Å². The second kappa shape index (κ2) is 5.65. The van der Waals surface area contributed by atoms with Crippen molar-refractivity contribution < 1.29 is 0 Å². The molecule has 0 spiro atoms. The van der Waals surface area contributed by atoms with Crippen molar-refractivity contribution in [1.82, 2.24) is 4.98 Å². The molecule has 0 bridgehead atoms. The molecule has 0 amide bonds. The van der Waals surface area contributed by atoms with Crippen molar-refractivity contribution in [3.63, 3.8) is 0 Å². The Morgan fingerprint density at radius 3 is 2.47 bits per heavy atom. The van der Waals surface area contributed by atoms with Crippen LogP contribution in [0.1, 0.15) is 29.3 Å². The van der Waals surface area contributed by atoms with Gasteiger partial charge in [-0.3, -0.25) is 4.98 Å². The van der Waals surface area contributed by atoms with Crippen LogP contribution >= 0.6 is 27.5 Å². The van der Waals surface area contributed by atoms with Crippen LogP contribution in [-0.4, -0.2) is 4.98 Å². The fraction of sp³-hybridized carbons (Fsp3) is 0.214. The number of rotatable bonds is 3. The fourth-order valence-electron chi connectivity index (χ4n) is 1.80. The molecule has 1 aromatic heterocycles. The van der Waals surface area contributed by atoms with Crippen LogP contribution in [0.15, 0.2) is 53.3 Å². The Hall–Kier alpha value is -0.860. The molecule has 0 aliphatic rings. The molecule has 0 N–H and O–H groups in total. The summed E-state index contributed by atoms with van der Waals surface area (Å²) in [6.45, 7) is 2.13. The van der Waals surface area contributed by atoms with Gasteiger partial charge in [-0.2, -0.15) is 0 Å². The molecule has 0 saturated carbocycles. The van der Waals surface area contributed by atoms with Gasteiger partial charge in [-0.15, -0.1) is 11.6 Å². The van der Waals surface area contributed by atoms with Crippen LogP contribution in [0.5, 0.6) is 0 Å². The van der Waals surface area contributed by atoms with Crippen molar-refractivity contribution in [2.24, 2.45) is 0 Å². The monoisotopic (exact) mass is 309 g/mol. The molecule has 0 aliphatic heterocycles. The molecule has 1 aromatic carbocycles. The highest BCUT2D eigenvalue weighted by Gasteiger charge is 2.18. The number of alkyl halides is 1. The van der Waals surface area contributed by atoms with Gasteiger partial charge in [-0.1, -0.05) is 35.0 Å². The summed E-state index contributed by atoms with van der Waals surface area (Å²) in [5, 5.41) is -0.0325. The Morgan fingerprint density at radius 1 is 1.12 bits per heavy atom. The summed E-state index contributed by atoms with van der Waals surface area (Å²) >= 11 is 9.99. The maximum atomic E-state index is 6.52. The SMILES string of the molecule is CC(c1ccncc1)C(Cl)c1cccc(Br)c1. The van der Waals surface area contributed by atoms with Crippen molar-refractivity contribution >= 4 is 27.5 Å². The number of hydrogen-bond acceptors (Lipinski definition) is 1. The number of benzene rings is 1. The molecule has 2 atom stereocenters. The van der Waals surface area contributed by atoms with Crippen molar-refractivity contribution in [2.45, 2.75) is 18.2 Å². The number of pyridine rings is 1. The molecular weight excluding hydrogens is 298 g/mol. The summed E-state index contributed by atoms with van der Waals surface area (Å²) in [5.41, 5.74) is 2.34. The minimum Gasteiger partial charge on any atom is -0.265 e. The van der Waals surface area contributed by atoms with Crippen LogP contribution in [0.4, 0.5) is 0 Å². The third-order valence-electron chi connectivity index (χ3n) is 2.84. The van der Waals surface area contributed by atoms with Crippen molar-refractivity contribution in [1.29, 1.82) is 0 Å². The molecule has 2 aromatic rings. The molecule has 3 heteroatoms. The molecule has 88 valence electrons. The lowest BCUT2D eigenvalue weighted by atomic mass is 9.94. The van der Waals surface area contributed by atoms with Gasteiger partial charge in [0.15, 0.2) is 0 Å². The van der Waals surface area contributed by atoms with E-state index in [1.54, 1.807) is 12.4 Å². The molecule has 2 rings (SSSR count). The van der Waals surface area contributed by atoms with Gasteiger partial charge in [0.1, 0.15) is 0 Å². The zero-order chi connectivity index (χ0) is 12.3. The van der Waals surface area contributed by atoms with Crippen molar-refractivity contribution in [3.05, 3.63) is 64.4 Å².